The Labute approximate surface area is 125 Å². The van der Waals surface area contributed by atoms with Crippen LogP contribution in [0.3, 0.4) is 0 Å². The molecule has 0 amide bonds. The van der Waals surface area contributed by atoms with Crippen LogP contribution in [0.15, 0.2) is 15.8 Å². The van der Waals surface area contributed by atoms with Crippen molar-refractivity contribution in [2.75, 3.05) is 0 Å². The summed E-state index contributed by atoms with van der Waals surface area (Å²) in [5.41, 5.74) is 2.26. The molecule has 6 heteroatoms. The Balaban J connectivity index is 2.00. The van der Waals surface area contributed by atoms with Gasteiger partial charge in [-0.1, -0.05) is 11.8 Å². The van der Waals surface area contributed by atoms with Crippen molar-refractivity contribution < 1.29 is 4.42 Å². The largest absolute Gasteiger partial charge is 0.448 e. The van der Waals surface area contributed by atoms with Gasteiger partial charge in [0.15, 0.2) is 6.39 Å². The van der Waals surface area contributed by atoms with Crippen LogP contribution in [0.5, 0.6) is 0 Å². The van der Waals surface area contributed by atoms with Gasteiger partial charge < -0.3 is 4.42 Å². The lowest BCUT2D eigenvalue weighted by Gasteiger charge is -2.04. The number of fused-ring (bicyclic) bond motifs is 1. The van der Waals surface area contributed by atoms with Crippen molar-refractivity contribution in [3.8, 4) is 0 Å². The van der Waals surface area contributed by atoms with Gasteiger partial charge in [-0.25, -0.2) is 15.0 Å². The molecule has 20 heavy (non-hydrogen) atoms. The Morgan fingerprint density at radius 1 is 1.20 bits per heavy atom. The normalized spacial score (nSPS) is 11.4. The molecule has 0 fully saturated rings. The van der Waals surface area contributed by atoms with Crippen molar-refractivity contribution in [1.82, 2.24) is 15.0 Å². The number of hydrogen-bond donors (Lipinski definition) is 0. The van der Waals surface area contributed by atoms with Gasteiger partial charge in [0.2, 0.25) is 0 Å². The second kappa shape index (κ2) is 5.18. The number of thiophene rings is 1. The predicted octanol–water partition coefficient (Wildman–Crippen LogP) is 4.21. The Bertz CT molecular complexity index is 776. The molecule has 0 saturated carbocycles. The van der Waals surface area contributed by atoms with Crippen LogP contribution in [0.2, 0.25) is 0 Å². The molecule has 3 rings (SSSR count). The van der Waals surface area contributed by atoms with E-state index in [1.807, 2.05) is 13.8 Å². The maximum atomic E-state index is 5.24. The Morgan fingerprint density at radius 3 is 2.70 bits per heavy atom. The molecule has 3 heterocycles. The number of oxazole rings is 1. The van der Waals surface area contributed by atoms with E-state index in [0.29, 0.717) is 0 Å². The fourth-order valence-corrected chi connectivity index (χ4v) is 4.30. The minimum absolute atomic E-state index is 0.766. The molecule has 0 unspecified atom stereocenters. The minimum atomic E-state index is 0.766. The summed E-state index contributed by atoms with van der Waals surface area (Å²) in [5, 5.41) is 2.22. The molecule has 0 aliphatic carbocycles. The van der Waals surface area contributed by atoms with Gasteiger partial charge in [-0.15, -0.1) is 11.3 Å². The Morgan fingerprint density at radius 2 is 2.00 bits per heavy atom. The maximum Gasteiger partial charge on any atom is 0.181 e. The molecular formula is C14H15N3OS2. The SMILES string of the molecule is Cc1nc(SCc2ncoc2C)c2c(C)c(C)sc2n1. The third-order valence-electron chi connectivity index (χ3n) is 3.30. The summed E-state index contributed by atoms with van der Waals surface area (Å²) in [6, 6.07) is 0. The fourth-order valence-electron chi connectivity index (χ4n) is 2.02. The van der Waals surface area contributed by atoms with Crippen LogP contribution >= 0.6 is 23.1 Å². The molecule has 0 bridgehead atoms. The number of thioether (sulfide) groups is 1. The second-order valence-electron chi connectivity index (χ2n) is 4.68. The van der Waals surface area contributed by atoms with E-state index in [0.717, 1.165) is 32.9 Å². The molecule has 0 N–H and O–H groups in total. The zero-order valence-electron chi connectivity index (χ0n) is 11.9. The summed E-state index contributed by atoms with van der Waals surface area (Å²) in [4.78, 5) is 15.8. The van der Waals surface area contributed by atoms with Crippen molar-refractivity contribution in [1.29, 1.82) is 0 Å². The van der Waals surface area contributed by atoms with E-state index in [1.54, 1.807) is 23.1 Å². The summed E-state index contributed by atoms with van der Waals surface area (Å²) in [7, 11) is 0. The second-order valence-corrected chi connectivity index (χ2v) is 6.85. The van der Waals surface area contributed by atoms with Crippen molar-refractivity contribution in [3.63, 3.8) is 0 Å². The highest BCUT2D eigenvalue weighted by molar-refractivity contribution is 7.98. The zero-order chi connectivity index (χ0) is 14.3. The number of aromatic nitrogens is 3. The molecule has 0 radical (unpaired) electrons. The van der Waals surface area contributed by atoms with E-state index in [2.05, 4.69) is 28.8 Å². The van der Waals surface area contributed by atoms with Gasteiger partial charge >= 0.3 is 0 Å². The van der Waals surface area contributed by atoms with Crippen molar-refractivity contribution in [2.24, 2.45) is 0 Å². The average Bonchev–Trinajstić information content (AvgIpc) is 2.91. The summed E-state index contributed by atoms with van der Waals surface area (Å²) >= 11 is 3.43. The first-order valence-electron chi connectivity index (χ1n) is 6.32. The number of nitrogens with zero attached hydrogens (tertiary/aromatic N) is 3. The van der Waals surface area contributed by atoms with Crippen LogP contribution in [0.25, 0.3) is 10.2 Å². The molecule has 0 saturated heterocycles. The van der Waals surface area contributed by atoms with Gasteiger partial charge in [0.1, 0.15) is 21.4 Å². The molecule has 0 aromatic carbocycles. The molecule has 0 aliphatic heterocycles. The van der Waals surface area contributed by atoms with Gasteiger partial charge in [0, 0.05) is 16.0 Å². The van der Waals surface area contributed by atoms with E-state index in [-0.39, 0.29) is 0 Å². The lowest BCUT2D eigenvalue weighted by Crippen LogP contribution is -1.92. The molecule has 0 spiro atoms. The highest BCUT2D eigenvalue weighted by Crippen LogP contribution is 2.36. The fraction of sp³-hybridized carbons (Fsp3) is 0.357. The highest BCUT2D eigenvalue weighted by atomic mass is 32.2. The lowest BCUT2D eigenvalue weighted by molar-refractivity contribution is 0.525. The van der Waals surface area contributed by atoms with E-state index >= 15 is 0 Å². The van der Waals surface area contributed by atoms with Crippen LogP contribution < -0.4 is 0 Å². The standard InChI is InChI=1S/C14H15N3OS2/c1-7-9(3)20-14-12(7)13(16-10(4)17-14)19-5-11-8(2)18-6-15-11/h6H,5H2,1-4H3. The first-order chi connectivity index (χ1) is 9.56. The maximum absolute atomic E-state index is 5.24. The van der Waals surface area contributed by atoms with E-state index in [1.165, 1.54) is 22.2 Å². The van der Waals surface area contributed by atoms with Crippen molar-refractivity contribution >= 4 is 33.3 Å². The van der Waals surface area contributed by atoms with Gasteiger partial charge in [0.05, 0.1) is 5.69 Å². The molecule has 3 aromatic heterocycles. The molecule has 3 aromatic rings. The van der Waals surface area contributed by atoms with Crippen molar-refractivity contribution in [2.45, 2.75) is 38.5 Å². The van der Waals surface area contributed by atoms with Crippen LogP contribution in [0, 0.1) is 27.7 Å². The van der Waals surface area contributed by atoms with Gasteiger partial charge in [-0.05, 0) is 33.3 Å². The van der Waals surface area contributed by atoms with Crippen LogP contribution in [0.4, 0.5) is 0 Å². The average molecular weight is 305 g/mol. The lowest BCUT2D eigenvalue weighted by atomic mass is 10.2. The monoisotopic (exact) mass is 305 g/mol. The summed E-state index contributed by atoms with van der Waals surface area (Å²) in [6.45, 7) is 8.14. The summed E-state index contributed by atoms with van der Waals surface area (Å²) < 4.78 is 5.24. The quantitative estimate of drug-likeness (QED) is 0.536. The Kier molecular flexibility index (Phi) is 3.52. The first kappa shape index (κ1) is 13.6. The molecule has 0 aliphatic rings. The van der Waals surface area contributed by atoms with Crippen LogP contribution in [0.1, 0.15) is 27.7 Å². The third kappa shape index (κ3) is 2.33. The van der Waals surface area contributed by atoms with Gasteiger partial charge in [-0.2, -0.15) is 0 Å². The van der Waals surface area contributed by atoms with Crippen molar-refractivity contribution in [3.05, 3.63) is 34.1 Å². The molecule has 4 nitrogen and oxygen atoms in total. The number of aryl methyl sites for hydroxylation is 4. The van der Waals surface area contributed by atoms with Gasteiger partial charge in [0.25, 0.3) is 0 Å². The molecular weight excluding hydrogens is 290 g/mol. The van der Waals surface area contributed by atoms with Crippen LogP contribution in [-0.4, -0.2) is 15.0 Å². The van der Waals surface area contributed by atoms with E-state index in [9.17, 15) is 0 Å². The number of rotatable bonds is 3. The highest BCUT2D eigenvalue weighted by Gasteiger charge is 2.14. The minimum Gasteiger partial charge on any atom is -0.448 e. The third-order valence-corrected chi connectivity index (χ3v) is 5.39. The first-order valence-corrected chi connectivity index (χ1v) is 8.12. The van der Waals surface area contributed by atoms with E-state index in [4.69, 9.17) is 4.42 Å². The molecule has 0 atom stereocenters. The van der Waals surface area contributed by atoms with Gasteiger partial charge in [-0.3, -0.25) is 0 Å². The van der Waals surface area contributed by atoms with E-state index < -0.39 is 0 Å². The smallest absolute Gasteiger partial charge is 0.181 e. The van der Waals surface area contributed by atoms with Crippen LogP contribution in [-0.2, 0) is 5.75 Å². The molecule has 104 valence electrons. The zero-order valence-corrected chi connectivity index (χ0v) is 13.5. The summed E-state index contributed by atoms with van der Waals surface area (Å²) in [5.74, 6) is 2.46. The topological polar surface area (TPSA) is 51.8 Å². The predicted molar refractivity (Wildman–Crippen MR) is 82.4 cm³/mol. The number of hydrogen-bond acceptors (Lipinski definition) is 6. The summed E-state index contributed by atoms with van der Waals surface area (Å²) in [6.07, 6.45) is 1.49. The Hall–Kier alpha value is -1.40.